The van der Waals surface area contributed by atoms with Gasteiger partial charge in [0.05, 0.1) is 24.0 Å². The molecule has 0 bridgehead atoms. The number of primary amides is 1. The molecule has 4 aromatic rings. The summed E-state index contributed by atoms with van der Waals surface area (Å²) < 4.78 is 42.9. The molecule has 1 atom stereocenters. The highest BCUT2D eigenvalue weighted by Gasteiger charge is 2.55. The van der Waals surface area contributed by atoms with Crippen molar-refractivity contribution in [2.24, 2.45) is 5.73 Å². The molecule has 0 aliphatic rings. The molecule has 1 unspecified atom stereocenters. The van der Waals surface area contributed by atoms with Gasteiger partial charge >= 0.3 is 6.18 Å². The van der Waals surface area contributed by atoms with Gasteiger partial charge in [-0.2, -0.15) is 13.2 Å². The zero-order valence-corrected chi connectivity index (χ0v) is 17.8. The summed E-state index contributed by atoms with van der Waals surface area (Å²) in [5, 5.41) is 17.4. The van der Waals surface area contributed by atoms with E-state index in [1.165, 1.54) is 11.6 Å². The number of hydrogen-bond donors (Lipinski definition) is 2. The summed E-state index contributed by atoms with van der Waals surface area (Å²) >= 11 is 0. The van der Waals surface area contributed by atoms with Gasteiger partial charge in [0, 0.05) is 29.2 Å². The van der Waals surface area contributed by atoms with E-state index in [1.54, 1.807) is 35.0 Å². The first-order chi connectivity index (χ1) is 15.5. The number of carbonyl (C=O) groups is 1. The van der Waals surface area contributed by atoms with Gasteiger partial charge < -0.3 is 15.2 Å². The number of alkyl halides is 3. The minimum atomic E-state index is -4.88. The molecule has 0 saturated carbocycles. The maximum absolute atomic E-state index is 13.3. The molecular formula is C22H21F3N6O2. The number of pyridine rings is 2. The highest BCUT2D eigenvalue weighted by atomic mass is 19.4. The summed E-state index contributed by atoms with van der Waals surface area (Å²) in [6.07, 6.45) is -0.985. The van der Waals surface area contributed by atoms with Gasteiger partial charge in [0.1, 0.15) is 5.69 Å². The molecule has 33 heavy (non-hydrogen) atoms. The van der Waals surface area contributed by atoms with Gasteiger partial charge in [0.15, 0.2) is 0 Å². The van der Waals surface area contributed by atoms with E-state index in [-0.39, 0.29) is 6.54 Å². The van der Waals surface area contributed by atoms with E-state index >= 15 is 0 Å². The third kappa shape index (κ3) is 3.95. The van der Waals surface area contributed by atoms with E-state index in [0.717, 1.165) is 11.9 Å². The Bertz CT molecular complexity index is 1330. The fourth-order valence-corrected chi connectivity index (χ4v) is 3.69. The summed E-state index contributed by atoms with van der Waals surface area (Å²) in [6, 6.07) is 8.84. The van der Waals surface area contributed by atoms with Gasteiger partial charge in [-0.3, -0.25) is 9.78 Å². The third-order valence-corrected chi connectivity index (χ3v) is 5.58. The Morgan fingerprint density at radius 3 is 2.58 bits per heavy atom. The Morgan fingerprint density at radius 2 is 1.97 bits per heavy atom. The van der Waals surface area contributed by atoms with Crippen LogP contribution in [-0.4, -0.2) is 41.6 Å². The summed E-state index contributed by atoms with van der Waals surface area (Å²) in [5.41, 5.74) is 5.79. The molecule has 0 radical (unpaired) electrons. The van der Waals surface area contributed by atoms with Gasteiger partial charge in [0.2, 0.25) is 5.60 Å². The van der Waals surface area contributed by atoms with E-state index in [9.17, 15) is 23.1 Å². The lowest BCUT2D eigenvalue weighted by Crippen LogP contribution is -2.42. The van der Waals surface area contributed by atoms with E-state index in [0.29, 0.717) is 27.9 Å². The van der Waals surface area contributed by atoms with Crippen LogP contribution in [0.4, 0.5) is 13.2 Å². The molecule has 4 heterocycles. The second-order valence-corrected chi connectivity index (χ2v) is 7.80. The molecule has 0 aliphatic heterocycles. The van der Waals surface area contributed by atoms with Crippen LogP contribution in [0.5, 0.6) is 0 Å². The number of rotatable bonds is 6. The average Bonchev–Trinajstić information content (AvgIpc) is 3.38. The second-order valence-electron chi connectivity index (χ2n) is 7.80. The number of fused-ring (bicyclic) bond motifs is 1. The zero-order chi connectivity index (χ0) is 24.0. The van der Waals surface area contributed by atoms with Crippen molar-refractivity contribution in [1.82, 2.24) is 24.4 Å². The molecule has 0 aliphatic carbocycles. The summed E-state index contributed by atoms with van der Waals surface area (Å²) in [7, 11) is 0. The first-order valence-electron chi connectivity index (χ1n) is 10.1. The molecule has 8 nitrogen and oxygen atoms in total. The van der Waals surface area contributed by atoms with E-state index in [4.69, 9.17) is 5.73 Å². The quantitative estimate of drug-likeness (QED) is 0.461. The summed E-state index contributed by atoms with van der Waals surface area (Å²) in [5.74, 6) is -0.595. The first kappa shape index (κ1) is 22.5. The lowest BCUT2D eigenvalue weighted by molar-refractivity contribution is -0.269. The van der Waals surface area contributed by atoms with Crippen molar-refractivity contribution >= 4 is 11.4 Å². The summed E-state index contributed by atoms with van der Waals surface area (Å²) in [4.78, 5) is 16.3. The number of nitrogens with zero attached hydrogens (tertiary/aromatic N) is 5. The van der Waals surface area contributed by atoms with Crippen LogP contribution < -0.4 is 5.73 Å². The predicted octanol–water partition coefficient (Wildman–Crippen LogP) is 3.21. The highest BCUT2D eigenvalue weighted by Crippen LogP contribution is 2.40. The molecule has 4 rings (SSSR count). The largest absolute Gasteiger partial charge is 0.423 e. The monoisotopic (exact) mass is 458 g/mol. The molecular weight excluding hydrogens is 437 g/mol. The molecule has 11 heteroatoms. The van der Waals surface area contributed by atoms with E-state index in [1.807, 2.05) is 19.1 Å². The second kappa shape index (κ2) is 8.00. The minimum Gasteiger partial charge on any atom is -0.375 e. The lowest BCUT2D eigenvalue weighted by atomic mass is 9.96. The van der Waals surface area contributed by atoms with Crippen LogP contribution in [0.1, 0.15) is 40.7 Å². The fraction of sp³-hybridized carbons (Fsp3) is 0.273. The molecule has 4 aromatic heterocycles. The Hall–Kier alpha value is -3.73. The molecule has 3 N–H and O–H groups in total. The van der Waals surface area contributed by atoms with Crippen molar-refractivity contribution in [1.29, 1.82) is 0 Å². The van der Waals surface area contributed by atoms with Crippen LogP contribution in [0.25, 0.3) is 16.8 Å². The SMILES string of the molecule is CCC(O)(c1cn(Cc2ccn3c(-c4ccc(C)nc4)c(C(N)=O)cc3c2)nn1)C(F)(F)F. The van der Waals surface area contributed by atoms with Crippen molar-refractivity contribution in [3.63, 3.8) is 0 Å². The molecule has 1 amide bonds. The van der Waals surface area contributed by atoms with Crippen LogP contribution in [0, 0.1) is 6.92 Å². The molecule has 0 aromatic carbocycles. The van der Waals surface area contributed by atoms with Gasteiger partial charge in [-0.15, -0.1) is 5.10 Å². The van der Waals surface area contributed by atoms with Gasteiger partial charge in [-0.05, 0) is 49.2 Å². The number of aliphatic hydroxyl groups is 1. The van der Waals surface area contributed by atoms with Gasteiger partial charge in [0.25, 0.3) is 5.91 Å². The Labute approximate surface area is 186 Å². The molecule has 0 saturated heterocycles. The number of carbonyl (C=O) groups excluding carboxylic acids is 1. The maximum atomic E-state index is 13.3. The van der Waals surface area contributed by atoms with E-state index in [2.05, 4.69) is 15.3 Å². The average molecular weight is 458 g/mol. The van der Waals surface area contributed by atoms with Crippen LogP contribution >= 0.6 is 0 Å². The lowest BCUT2D eigenvalue weighted by Gasteiger charge is -2.26. The summed E-state index contributed by atoms with van der Waals surface area (Å²) in [6.45, 7) is 3.19. The van der Waals surface area contributed by atoms with Crippen molar-refractivity contribution in [2.45, 2.75) is 38.6 Å². The number of halogens is 3. The van der Waals surface area contributed by atoms with Crippen molar-refractivity contribution < 1.29 is 23.1 Å². The number of hydrogen-bond acceptors (Lipinski definition) is 5. The zero-order valence-electron chi connectivity index (χ0n) is 17.8. The molecule has 0 spiro atoms. The van der Waals surface area contributed by atoms with Gasteiger partial charge in [-0.25, -0.2) is 4.68 Å². The van der Waals surface area contributed by atoms with Crippen LogP contribution in [0.15, 0.2) is 48.9 Å². The smallest absolute Gasteiger partial charge is 0.375 e. The Kier molecular flexibility index (Phi) is 5.44. The normalized spacial score (nSPS) is 13.9. The van der Waals surface area contributed by atoms with Crippen molar-refractivity contribution in [2.75, 3.05) is 0 Å². The van der Waals surface area contributed by atoms with Crippen molar-refractivity contribution in [3.05, 3.63) is 71.4 Å². The van der Waals surface area contributed by atoms with Crippen LogP contribution in [-0.2, 0) is 12.1 Å². The number of aromatic nitrogens is 5. The molecule has 0 fully saturated rings. The van der Waals surface area contributed by atoms with Gasteiger partial charge in [-0.1, -0.05) is 12.1 Å². The fourth-order valence-electron chi connectivity index (χ4n) is 3.69. The topological polar surface area (TPSA) is 111 Å². The first-order valence-corrected chi connectivity index (χ1v) is 10.1. The number of nitrogens with two attached hydrogens (primary N) is 1. The Morgan fingerprint density at radius 1 is 1.21 bits per heavy atom. The van der Waals surface area contributed by atoms with E-state index < -0.39 is 29.8 Å². The third-order valence-electron chi connectivity index (χ3n) is 5.58. The number of amides is 1. The Balaban J connectivity index is 1.70. The number of aryl methyl sites for hydroxylation is 1. The van der Waals surface area contributed by atoms with Crippen LogP contribution in [0.2, 0.25) is 0 Å². The van der Waals surface area contributed by atoms with Crippen molar-refractivity contribution in [3.8, 4) is 11.3 Å². The standard InChI is InChI=1S/C22H21F3N6O2/c1-3-21(33,22(23,24)25)18-12-30(29-28-18)11-14-6-7-31-16(8-14)9-17(20(26)32)19(31)15-5-4-13(2)27-10-15/h4-10,12,33H,3,11H2,1-2H3,(H2,26,32). The maximum Gasteiger partial charge on any atom is 0.423 e. The highest BCUT2D eigenvalue weighted by molar-refractivity contribution is 6.01. The van der Waals surface area contributed by atoms with Crippen LogP contribution in [0.3, 0.4) is 0 Å². The molecule has 172 valence electrons. The minimum absolute atomic E-state index is 0.111. The predicted molar refractivity (Wildman–Crippen MR) is 113 cm³/mol.